The van der Waals surface area contributed by atoms with Crippen LogP contribution in [0.5, 0.6) is 0 Å². The van der Waals surface area contributed by atoms with Crippen molar-refractivity contribution in [2.24, 2.45) is 5.84 Å². The number of hydrogen-bond acceptors (Lipinski definition) is 2. The van der Waals surface area contributed by atoms with E-state index in [4.69, 9.17) is 5.84 Å². The largest absolute Gasteiger partial charge is 0.271 e. The number of hydrazine groups is 1. The van der Waals surface area contributed by atoms with Crippen LogP contribution >= 0.6 is 22.6 Å². The Hall–Kier alpha value is -1.12. The van der Waals surface area contributed by atoms with Gasteiger partial charge in [-0.1, -0.05) is 12.1 Å². The van der Waals surface area contributed by atoms with Crippen molar-refractivity contribution in [2.45, 2.75) is 6.04 Å². The van der Waals surface area contributed by atoms with E-state index >= 15 is 0 Å². The Morgan fingerprint density at radius 3 is 2.32 bits per heavy atom. The summed E-state index contributed by atoms with van der Waals surface area (Å²) in [4.78, 5) is 0. The summed E-state index contributed by atoms with van der Waals surface area (Å²) in [5.74, 6) is 3.23. The number of halogens is 4. The summed E-state index contributed by atoms with van der Waals surface area (Å²) in [5, 5.41) is 0. The highest BCUT2D eigenvalue weighted by molar-refractivity contribution is 14.1. The molecule has 6 heteroatoms. The lowest BCUT2D eigenvalue weighted by atomic mass is 9.99. The van der Waals surface area contributed by atoms with E-state index in [1.807, 2.05) is 22.6 Å². The monoisotopic (exact) mass is 378 g/mol. The van der Waals surface area contributed by atoms with Crippen LogP contribution in [0, 0.1) is 21.0 Å². The van der Waals surface area contributed by atoms with Crippen LogP contribution in [-0.4, -0.2) is 0 Å². The third-order valence-corrected chi connectivity index (χ3v) is 3.65. The normalized spacial score (nSPS) is 12.5. The van der Waals surface area contributed by atoms with Crippen LogP contribution in [0.15, 0.2) is 36.4 Å². The van der Waals surface area contributed by atoms with Crippen molar-refractivity contribution in [1.29, 1.82) is 0 Å². The van der Waals surface area contributed by atoms with Gasteiger partial charge in [0.05, 0.1) is 6.04 Å². The predicted molar refractivity (Wildman–Crippen MR) is 74.6 cm³/mol. The zero-order valence-electron chi connectivity index (χ0n) is 9.63. The standard InChI is InChI=1S/C13H10F3IN2/c14-8-2-3-9(12(17)6-8)13(19-18)7-1-4-10(15)11(16)5-7/h1-6,13,19H,18H2. The molecular weight excluding hydrogens is 368 g/mol. The quantitative estimate of drug-likeness (QED) is 0.489. The molecule has 2 aromatic carbocycles. The van der Waals surface area contributed by atoms with Gasteiger partial charge in [0, 0.05) is 3.57 Å². The average molecular weight is 378 g/mol. The van der Waals surface area contributed by atoms with E-state index in [0.717, 1.165) is 12.1 Å². The van der Waals surface area contributed by atoms with Crippen LogP contribution in [0.1, 0.15) is 17.2 Å². The smallest absolute Gasteiger partial charge is 0.159 e. The minimum Gasteiger partial charge on any atom is -0.271 e. The lowest BCUT2D eigenvalue weighted by molar-refractivity contribution is 0.503. The summed E-state index contributed by atoms with van der Waals surface area (Å²) in [6, 6.07) is 7.19. The molecule has 2 nitrogen and oxygen atoms in total. The molecule has 0 spiro atoms. The first kappa shape index (κ1) is 14.3. The van der Waals surface area contributed by atoms with Gasteiger partial charge in [-0.25, -0.2) is 18.6 Å². The number of nitrogens with one attached hydrogen (secondary N) is 1. The van der Waals surface area contributed by atoms with Crippen LogP contribution in [0.4, 0.5) is 13.2 Å². The molecule has 0 fully saturated rings. The van der Waals surface area contributed by atoms with Gasteiger partial charge < -0.3 is 0 Å². The molecule has 0 saturated heterocycles. The van der Waals surface area contributed by atoms with E-state index in [2.05, 4.69) is 5.43 Å². The summed E-state index contributed by atoms with van der Waals surface area (Å²) < 4.78 is 39.9. The van der Waals surface area contributed by atoms with Gasteiger partial charge >= 0.3 is 0 Å². The second-order valence-corrected chi connectivity index (χ2v) is 5.10. The first-order chi connectivity index (χ1) is 9.02. The van der Waals surface area contributed by atoms with E-state index in [1.54, 1.807) is 6.07 Å². The molecule has 100 valence electrons. The molecule has 0 bridgehead atoms. The molecule has 19 heavy (non-hydrogen) atoms. The molecule has 1 atom stereocenters. The van der Waals surface area contributed by atoms with Crippen molar-refractivity contribution in [3.63, 3.8) is 0 Å². The van der Waals surface area contributed by atoms with E-state index in [-0.39, 0.29) is 5.82 Å². The number of benzene rings is 2. The highest BCUT2D eigenvalue weighted by Gasteiger charge is 2.17. The Labute approximate surface area is 121 Å². The number of rotatable bonds is 3. The fourth-order valence-corrected chi connectivity index (χ4v) is 2.58. The molecule has 0 aliphatic carbocycles. The maximum Gasteiger partial charge on any atom is 0.159 e. The molecule has 1 unspecified atom stereocenters. The Bertz CT molecular complexity index is 604. The first-order valence-electron chi connectivity index (χ1n) is 5.39. The predicted octanol–water partition coefficient (Wildman–Crippen LogP) is 3.26. The van der Waals surface area contributed by atoms with Crippen molar-refractivity contribution in [3.8, 4) is 0 Å². The SMILES string of the molecule is NNC(c1ccc(F)c(F)c1)c1ccc(F)cc1I. The van der Waals surface area contributed by atoms with E-state index in [9.17, 15) is 13.2 Å². The second-order valence-electron chi connectivity index (χ2n) is 3.94. The summed E-state index contributed by atoms with van der Waals surface area (Å²) in [7, 11) is 0. The molecule has 2 aromatic rings. The maximum atomic E-state index is 13.3. The highest BCUT2D eigenvalue weighted by Crippen LogP contribution is 2.27. The van der Waals surface area contributed by atoms with Crippen molar-refractivity contribution < 1.29 is 13.2 Å². The Morgan fingerprint density at radius 2 is 1.74 bits per heavy atom. The number of hydrogen-bond donors (Lipinski definition) is 2. The van der Waals surface area contributed by atoms with Gasteiger partial charge in [0.25, 0.3) is 0 Å². The van der Waals surface area contributed by atoms with Crippen LogP contribution < -0.4 is 11.3 Å². The van der Waals surface area contributed by atoms with Gasteiger partial charge in [-0.2, -0.15) is 0 Å². The molecule has 0 amide bonds. The van der Waals surface area contributed by atoms with Gasteiger partial charge in [-0.3, -0.25) is 5.84 Å². The molecule has 0 heterocycles. The molecule has 0 saturated carbocycles. The van der Waals surface area contributed by atoms with Crippen molar-refractivity contribution in [3.05, 3.63) is 68.5 Å². The third kappa shape index (κ3) is 3.07. The molecule has 0 aliphatic rings. The molecule has 3 N–H and O–H groups in total. The topological polar surface area (TPSA) is 38.0 Å². The maximum absolute atomic E-state index is 13.3. The minimum atomic E-state index is -0.949. The van der Waals surface area contributed by atoms with Crippen molar-refractivity contribution in [2.75, 3.05) is 0 Å². The molecule has 0 aromatic heterocycles. The van der Waals surface area contributed by atoms with E-state index < -0.39 is 17.7 Å². The third-order valence-electron chi connectivity index (χ3n) is 2.72. The molecule has 2 rings (SSSR count). The van der Waals surface area contributed by atoms with Crippen molar-refractivity contribution >= 4 is 22.6 Å². The fraction of sp³-hybridized carbons (Fsp3) is 0.0769. The Kier molecular flexibility index (Phi) is 4.43. The van der Waals surface area contributed by atoms with Crippen LogP contribution in [0.25, 0.3) is 0 Å². The molecular formula is C13H10F3IN2. The Balaban J connectivity index is 2.46. The average Bonchev–Trinajstić information content (AvgIpc) is 2.37. The summed E-state index contributed by atoms with van der Waals surface area (Å²) in [6.45, 7) is 0. The Morgan fingerprint density at radius 1 is 1.00 bits per heavy atom. The molecule has 0 radical (unpaired) electrons. The first-order valence-corrected chi connectivity index (χ1v) is 6.47. The molecule has 0 aliphatic heterocycles. The summed E-state index contributed by atoms with van der Waals surface area (Å²) >= 11 is 1.96. The summed E-state index contributed by atoms with van der Waals surface area (Å²) in [5.41, 5.74) is 3.68. The van der Waals surface area contributed by atoms with Crippen LogP contribution in [0.3, 0.4) is 0 Å². The van der Waals surface area contributed by atoms with Gasteiger partial charge in [0.2, 0.25) is 0 Å². The van der Waals surface area contributed by atoms with Crippen molar-refractivity contribution in [1.82, 2.24) is 5.43 Å². The minimum absolute atomic E-state index is 0.366. The number of nitrogens with two attached hydrogens (primary N) is 1. The van der Waals surface area contributed by atoms with Gasteiger partial charge in [-0.05, 0) is 58.0 Å². The van der Waals surface area contributed by atoms with Gasteiger partial charge in [-0.15, -0.1) is 0 Å². The van der Waals surface area contributed by atoms with Crippen LogP contribution in [-0.2, 0) is 0 Å². The lowest BCUT2D eigenvalue weighted by Crippen LogP contribution is -2.29. The lowest BCUT2D eigenvalue weighted by Gasteiger charge is -2.18. The van der Waals surface area contributed by atoms with E-state index in [0.29, 0.717) is 14.7 Å². The van der Waals surface area contributed by atoms with Crippen LogP contribution in [0.2, 0.25) is 0 Å². The van der Waals surface area contributed by atoms with Gasteiger partial charge in [0.1, 0.15) is 5.82 Å². The zero-order valence-corrected chi connectivity index (χ0v) is 11.8. The second kappa shape index (κ2) is 5.89. The summed E-state index contributed by atoms with van der Waals surface area (Å²) in [6.07, 6.45) is 0. The van der Waals surface area contributed by atoms with E-state index in [1.165, 1.54) is 18.2 Å². The van der Waals surface area contributed by atoms with Gasteiger partial charge in [0.15, 0.2) is 11.6 Å². The highest BCUT2D eigenvalue weighted by atomic mass is 127. The fourth-order valence-electron chi connectivity index (χ4n) is 1.79. The zero-order chi connectivity index (χ0) is 14.0.